The Morgan fingerprint density at radius 1 is 0.488 bits per heavy atom. The number of nitrogens with zero attached hydrogens (tertiary/aromatic N) is 3. The van der Waals surface area contributed by atoms with Crippen LogP contribution in [-0.2, 0) is 10.8 Å². The lowest BCUT2D eigenvalue weighted by Gasteiger charge is -2.48. The van der Waals surface area contributed by atoms with Crippen LogP contribution in [0.3, 0.4) is 0 Å². The summed E-state index contributed by atoms with van der Waals surface area (Å²) in [4.78, 5) is 14.9. The van der Waals surface area contributed by atoms with E-state index in [1.165, 1.54) is 42.4 Å². The number of benzene rings is 5. The van der Waals surface area contributed by atoms with Crippen molar-refractivity contribution in [1.82, 2.24) is 15.0 Å². The Balaban J connectivity index is 1.35. The van der Waals surface area contributed by atoms with E-state index >= 15 is 0 Å². The molecule has 0 amide bonds. The van der Waals surface area contributed by atoms with Crippen LogP contribution in [0.5, 0.6) is 0 Å². The monoisotopic (exact) mass is 573 g/mol. The average Bonchev–Trinajstić information content (AvgIpc) is 3.43. The molecule has 0 unspecified atom stereocenters. The fraction of sp³-hybridized carbons (Fsp3) is 0.154. The lowest BCUT2D eigenvalue weighted by molar-refractivity contribution is 0.301. The molecular formula is C39H31N3S. The maximum atomic E-state index is 5.02. The van der Waals surface area contributed by atoms with Crippen LogP contribution in [0.15, 0.2) is 115 Å². The number of hydrogen-bond donors (Lipinski definition) is 0. The maximum Gasteiger partial charge on any atom is 0.164 e. The molecule has 2 heterocycles. The zero-order chi connectivity index (χ0) is 29.3. The van der Waals surface area contributed by atoms with Crippen molar-refractivity contribution in [3.63, 3.8) is 0 Å². The van der Waals surface area contributed by atoms with E-state index in [0.717, 1.165) is 16.7 Å². The van der Waals surface area contributed by atoms with Gasteiger partial charge in [0.2, 0.25) is 0 Å². The molecule has 1 aliphatic carbocycles. The zero-order valence-electron chi connectivity index (χ0n) is 24.7. The topological polar surface area (TPSA) is 38.7 Å². The third-order valence-corrected chi connectivity index (χ3v) is 10.9. The van der Waals surface area contributed by atoms with Crippen molar-refractivity contribution in [2.24, 2.45) is 0 Å². The summed E-state index contributed by atoms with van der Waals surface area (Å²) < 4.78 is 2.75. The van der Waals surface area contributed by atoms with E-state index in [4.69, 9.17) is 15.0 Å². The first-order chi connectivity index (χ1) is 20.8. The summed E-state index contributed by atoms with van der Waals surface area (Å²) in [6.07, 6.45) is 0. The van der Waals surface area contributed by atoms with Gasteiger partial charge in [-0.25, -0.2) is 15.0 Å². The highest BCUT2D eigenvalue weighted by Crippen LogP contribution is 2.57. The van der Waals surface area contributed by atoms with Gasteiger partial charge in [0.1, 0.15) is 0 Å². The van der Waals surface area contributed by atoms with Crippen molar-refractivity contribution >= 4 is 31.5 Å². The minimum atomic E-state index is -0.145. The molecule has 0 radical (unpaired) electrons. The van der Waals surface area contributed by atoms with Gasteiger partial charge in [-0.2, -0.15) is 0 Å². The molecule has 0 saturated heterocycles. The van der Waals surface area contributed by atoms with Gasteiger partial charge < -0.3 is 0 Å². The summed E-state index contributed by atoms with van der Waals surface area (Å²) >= 11 is 1.93. The molecule has 8 rings (SSSR count). The molecule has 0 spiro atoms. The molecule has 0 N–H and O–H groups in total. The van der Waals surface area contributed by atoms with Gasteiger partial charge in [0.25, 0.3) is 0 Å². The molecule has 3 nitrogen and oxygen atoms in total. The quantitative estimate of drug-likeness (QED) is 0.211. The molecule has 4 heteroatoms. The highest BCUT2D eigenvalue weighted by molar-refractivity contribution is 7.26. The van der Waals surface area contributed by atoms with Crippen LogP contribution in [0.1, 0.15) is 38.8 Å². The van der Waals surface area contributed by atoms with E-state index in [1.807, 2.05) is 47.7 Å². The van der Waals surface area contributed by atoms with Crippen molar-refractivity contribution in [3.8, 4) is 45.3 Å². The second-order valence-corrected chi connectivity index (χ2v) is 13.6. The largest absolute Gasteiger partial charge is 0.208 e. The third kappa shape index (κ3) is 3.90. The van der Waals surface area contributed by atoms with E-state index in [0.29, 0.717) is 17.5 Å². The lowest BCUT2D eigenvalue weighted by Crippen LogP contribution is -2.43. The fourth-order valence-electron chi connectivity index (χ4n) is 6.66. The Morgan fingerprint density at radius 2 is 1.05 bits per heavy atom. The normalized spacial score (nSPS) is 14.9. The molecule has 208 valence electrons. The minimum Gasteiger partial charge on any atom is -0.208 e. The van der Waals surface area contributed by atoms with Gasteiger partial charge in [0, 0.05) is 42.3 Å². The SMILES string of the molecule is CC1(C)c2cc(-c3nc(-c4ccccc4)nc(-c4ccccc4)n3)ccc2-c2ccc3c(sc4ccccc43)c2C1(C)C. The van der Waals surface area contributed by atoms with Gasteiger partial charge in [-0.3, -0.25) is 0 Å². The summed E-state index contributed by atoms with van der Waals surface area (Å²) in [5.74, 6) is 2.05. The molecule has 43 heavy (non-hydrogen) atoms. The van der Waals surface area contributed by atoms with Crippen molar-refractivity contribution in [2.45, 2.75) is 38.5 Å². The van der Waals surface area contributed by atoms with Crippen LogP contribution in [0.25, 0.3) is 65.5 Å². The van der Waals surface area contributed by atoms with Crippen molar-refractivity contribution in [1.29, 1.82) is 0 Å². The number of hydrogen-bond acceptors (Lipinski definition) is 4. The molecule has 0 aliphatic heterocycles. The summed E-state index contributed by atoms with van der Waals surface area (Å²) in [5, 5.41) is 2.70. The molecule has 7 aromatic rings. The summed E-state index contributed by atoms with van der Waals surface area (Å²) in [5.41, 5.74) is 8.10. The summed E-state index contributed by atoms with van der Waals surface area (Å²) in [6, 6.07) is 40.6. The molecular weight excluding hydrogens is 543 g/mol. The van der Waals surface area contributed by atoms with Gasteiger partial charge in [-0.15, -0.1) is 11.3 Å². The first-order valence-electron chi connectivity index (χ1n) is 14.8. The smallest absolute Gasteiger partial charge is 0.164 e. The fourth-order valence-corrected chi connectivity index (χ4v) is 8.07. The second kappa shape index (κ2) is 9.42. The standard InChI is InChI=1S/C39H31N3S/c1-38(2)31-23-26(37-41-35(24-13-7-5-8-14-24)40-36(42-37)25-15-9-6-10-16-25)19-20-27(31)29-21-22-30-28-17-11-12-18-32(28)43-34(30)33(29)39(38,3)4/h5-23H,1-4H3. The number of thiophene rings is 1. The van der Waals surface area contributed by atoms with Crippen molar-refractivity contribution in [3.05, 3.63) is 126 Å². The molecule has 2 aromatic heterocycles. The third-order valence-electron chi connectivity index (χ3n) is 9.68. The van der Waals surface area contributed by atoms with Gasteiger partial charge in [-0.1, -0.05) is 131 Å². The predicted molar refractivity (Wildman–Crippen MR) is 181 cm³/mol. The van der Waals surface area contributed by atoms with Crippen LogP contribution in [0.4, 0.5) is 0 Å². The highest BCUT2D eigenvalue weighted by Gasteiger charge is 2.47. The Bertz CT molecular complexity index is 2120. The van der Waals surface area contributed by atoms with E-state index in [1.54, 1.807) is 0 Å². The van der Waals surface area contributed by atoms with Crippen LogP contribution in [0.2, 0.25) is 0 Å². The molecule has 0 saturated carbocycles. The average molecular weight is 574 g/mol. The predicted octanol–water partition coefficient (Wildman–Crippen LogP) is 10.5. The Labute approximate surface area is 256 Å². The molecule has 5 aromatic carbocycles. The Hall–Kier alpha value is -4.67. The van der Waals surface area contributed by atoms with Gasteiger partial charge in [0.05, 0.1) is 0 Å². The van der Waals surface area contributed by atoms with E-state index < -0.39 is 0 Å². The lowest BCUT2D eigenvalue weighted by atomic mass is 9.55. The maximum absolute atomic E-state index is 5.02. The van der Waals surface area contributed by atoms with Crippen LogP contribution in [-0.4, -0.2) is 15.0 Å². The van der Waals surface area contributed by atoms with Crippen LogP contribution < -0.4 is 0 Å². The van der Waals surface area contributed by atoms with Crippen LogP contribution in [0, 0.1) is 0 Å². The molecule has 0 fully saturated rings. The van der Waals surface area contributed by atoms with Gasteiger partial charge >= 0.3 is 0 Å². The number of aromatic nitrogens is 3. The first kappa shape index (κ1) is 26.0. The van der Waals surface area contributed by atoms with E-state index in [2.05, 4.69) is 107 Å². The molecule has 1 aliphatic rings. The first-order valence-corrected chi connectivity index (χ1v) is 15.6. The van der Waals surface area contributed by atoms with Crippen LogP contribution >= 0.6 is 11.3 Å². The van der Waals surface area contributed by atoms with Gasteiger partial charge in [0.15, 0.2) is 17.5 Å². The summed E-state index contributed by atoms with van der Waals surface area (Å²) in [6.45, 7) is 9.61. The number of fused-ring (bicyclic) bond motifs is 7. The Morgan fingerprint density at radius 3 is 1.70 bits per heavy atom. The Kier molecular flexibility index (Phi) is 5.69. The van der Waals surface area contributed by atoms with Gasteiger partial charge in [-0.05, 0) is 39.8 Å². The van der Waals surface area contributed by atoms with Crippen molar-refractivity contribution < 1.29 is 0 Å². The number of rotatable bonds is 3. The van der Waals surface area contributed by atoms with E-state index in [-0.39, 0.29) is 10.8 Å². The molecule has 0 bridgehead atoms. The van der Waals surface area contributed by atoms with E-state index in [9.17, 15) is 0 Å². The highest BCUT2D eigenvalue weighted by atomic mass is 32.1. The zero-order valence-corrected chi connectivity index (χ0v) is 25.5. The van der Waals surface area contributed by atoms with Crippen molar-refractivity contribution in [2.75, 3.05) is 0 Å². The minimum absolute atomic E-state index is 0.113. The molecule has 0 atom stereocenters. The summed E-state index contributed by atoms with van der Waals surface area (Å²) in [7, 11) is 0. The second-order valence-electron chi connectivity index (χ2n) is 12.5.